The lowest BCUT2D eigenvalue weighted by Crippen LogP contribution is -2.40. The highest BCUT2D eigenvalue weighted by Gasteiger charge is 2.28. The number of likely N-dealkylation sites (tertiary alicyclic amines) is 1. The summed E-state index contributed by atoms with van der Waals surface area (Å²) in [5.41, 5.74) is 0.927. The maximum atomic E-state index is 11.7. The quantitative estimate of drug-likeness (QED) is 0.886. The number of carbonyl (C=O) groups is 1. The minimum absolute atomic E-state index is 0.457. The molecule has 1 aliphatic rings. The van der Waals surface area contributed by atoms with Gasteiger partial charge in [-0.2, -0.15) is 0 Å². The monoisotopic (exact) mass is 311 g/mol. The van der Waals surface area contributed by atoms with Crippen molar-refractivity contribution in [2.24, 2.45) is 0 Å². The fraction of sp³-hybridized carbons (Fsp3) is 0.316. The first-order chi connectivity index (χ1) is 11.2. The molecule has 0 amide bonds. The van der Waals surface area contributed by atoms with Crippen molar-refractivity contribution in [1.29, 1.82) is 0 Å². The average molecular weight is 311 g/mol. The van der Waals surface area contributed by atoms with Crippen molar-refractivity contribution in [2.45, 2.75) is 25.3 Å². The molecule has 1 aliphatic heterocycles. The molecule has 0 radical (unpaired) electrons. The van der Waals surface area contributed by atoms with E-state index in [0.717, 1.165) is 43.0 Å². The number of carboxylic acids is 1. The molecule has 1 N–H and O–H groups in total. The van der Waals surface area contributed by atoms with E-state index in [1.807, 2.05) is 54.6 Å². The van der Waals surface area contributed by atoms with Gasteiger partial charge in [0.1, 0.15) is 17.5 Å². The van der Waals surface area contributed by atoms with E-state index in [0.29, 0.717) is 6.42 Å². The Kier molecular flexibility index (Phi) is 4.93. The van der Waals surface area contributed by atoms with Gasteiger partial charge in [-0.25, -0.2) is 0 Å². The Morgan fingerprint density at radius 3 is 2.39 bits per heavy atom. The van der Waals surface area contributed by atoms with E-state index >= 15 is 0 Å². The van der Waals surface area contributed by atoms with Crippen LogP contribution in [0, 0.1) is 0 Å². The Hall–Kier alpha value is -2.33. The van der Waals surface area contributed by atoms with E-state index in [2.05, 4.69) is 4.90 Å². The minimum atomic E-state index is -0.763. The van der Waals surface area contributed by atoms with Crippen molar-refractivity contribution in [1.82, 2.24) is 4.90 Å². The maximum Gasteiger partial charge on any atom is 0.321 e. The summed E-state index contributed by atoms with van der Waals surface area (Å²) in [7, 11) is 0. The van der Waals surface area contributed by atoms with Crippen molar-refractivity contribution < 1.29 is 14.6 Å². The van der Waals surface area contributed by atoms with Gasteiger partial charge in [-0.15, -0.1) is 0 Å². The Bertz CT molecular complexity index is 651. The van der Waals surface area contributed by atoms with Gasteiger partial charge < -0.3 is 9.84 Å². The summed E-state index contributed by atoms with van der Waals surface area (Å²) in [6.45, 7) is 1.72. The first kappa shape index (κ1) is 15.6. The normalized spacial score (nSPS) is 16.2. The third-order valence-electron chi connectivity index (χ3n) is 4.22. The average Bonchev–Trinajstić information content (AvgIpc) is 3.09. The summed E-state index contributed by atoms with van der Waals surface area (Å²) in [5, 5.41) is 9.59. The van der Waals surface area contributed by atoms with E-state index in [1.165, 1.54) is 0 Å². The SMILES string of the molecule is O=C(O)[C@@H](Cc1ccccc1Oc1ccccc1)N1CCCC1. The fourth-order valence-electron chi connectivity index (χ4n) is 3.02. The van der Waals surface area contributed by atoms with E-state index < -0.39 is 12.0 Å². The molecule has 120 valence electrons. The van der Waals surface area contributed by atoms with Gasteiger partial charge in [0, 0.05) is 6.42 Å². The summed E-state index contributed by atoms with van der Waals surface area (Å²) >= 11 is 0. The first-order valence-electron chi connectivity index (χ1n) is 8.02. The lowest BCUT2D eigenvalue weighted by Gasteiger charge is -2.24. The Morgan fingerprint density at radius 2 is 1.70 bits per heavy atom. The molecular weight excluding hydrogens is 290 g/mol. The van der Waals surface area contributed by atoms with Crippen LogP contribution in [0.25, 0.3) is 0 Å². The smallest absolute Gasteiger partial charge is 0.321 e. The van der Waals surface area contributed by atoms with Crippen molar-refractivity contribution in [3.05, 3.63) is 60.2 Å². The van der Waals surface area contributed by atoms with Crippen molar-refractivity contribution in [3.8, 4) is 11.5 Å². The molecule has 0 aliphatic carbocycles. The molecule has 0 aromatic heterocycles. The number of para-hydroxylation sites is 2. The van der Waals surface area contributed by atoms with Gasteiger partial charge in [0.25, 0.3) is 0 Å². The van der Waals surface area contributed by atoms with E-state index in [9.17, 15) is 9.90 Å². The first-order valence-corrected chi connectivity index (χ1v) is 8.02. The molecule has 0 saturated carbocycles. The number of carboxylic acid groups (broad SMARTS) is 1. The highest BCUT2D eigenvalue weighted by atomic mass is 16.5. The van der Waals surface area contributed by atoms with Crippen LogP contribution in [0.5, 0.6) is 11.5 Å². The molecule has 1 atom stereocenters. The van der Waals surface area contributed by atoms with Crippen molar-refractivity contribution in [2.75, 3.05) is 13.1 Å². The second kappa shape index (κ2) is 7.29. The lowest BCUT2D eigenvalue weighted by molar-refractivity contribution is -0.142. The molecule has 1 fully saturated rings. The topological polar surface area (TPSA) is 49.8 Å². The van der Waals surface area contributed by atoms with Gasteiger partial charge >= 0.3 is 5.97 Å². The summed E-state index contributed by atoms with van der Waals surface area (Å²) < 4.78 is 5.94. The number of nitrogens with zero attached hydrogens (tertiary/aromatic N) is 1. The molecule has 1 saturated heterocycles. The standard InChI is InChI=1S/C19H21NO3/c21-19(22)17(20-12-6-7-13-20)14-15-8-4-5-11-18(15)23-16-9-2-1-3-10-16/h1-5,8-11,17H,6-7,12-14H2,(H,21,22)/t17-/m1/s1. The molecule has 2 aromatic carbocycles. The highest BCUT2D eigenvalue weighted by molar-refractivity contribution is 5.74. The van der Waals surface area contributed by atoms with Crippen molar-refractivity contribution >= 4 is 5.97 Å². The molecule has 1 heterocycles. The van der Waals surface area contributed by atoms with Gasteiger partial charge in [-0.3, -0.25) is 9.69 Å². The lowest BCUT2D eigenvalue weighted by atomic mass is 10.0. The molecule has 0 unspecified atom stereocenters. The zero-order valence-electron chi connectivity index (χ0n) is 13.0. The molecule has 3 rings (SSSR count). The number of hydrogen-bond acceptors (Lipinski definition) is 3. The van der Waals surface area contributed by atoms with Crippen LogP contribution < -0.4 is 4.74 Å². The zero-order chi connectivity index (χ0) is 16.1. The van der Waals surface area contributed by atoms with Crippen molar-refractivity contribution in [3.63, 3.8) is 0 Å². The third kappa shape index (κ3) is 3.90. The van der Waals surface area contributed by atoms with Crippen LogP contribution in [-0.4, -0.2) is 35.1 Å². The summed E-state index contributed by atoms with van der Waals surface area (Å²) in [5.74, 6) is 0.721. The van der Waals surface area contributed by atoms with Crippen LogP contribution >= 0.6 is 0 Å². The Labute approximate surface area is 136 Å². The highest BCUT2D eigenvalue weighted by Crippen LogP contribution is 2.27. The van der Waals surface area contributed by atoms with Gasteiger partial charge in [0.05, 0.1) is 0 Å². The van der Waals surface area contributed by atoms with E-state index in [1.54, 1.807) is 0 Å². The summed E-state index contributed by atoms with van der Waals surface area (Å²) in [4.78, 5) is 13.7. The molecular formula is C19H21NO3. The molecule has 0 bridgehead atoms. The van der Waals surface area contributed by atoms with Crippen LogP contribution in [-0.2, 0) is 11.2 Å². The van der Waals surface area contributed by atoms with Gasteiger partial charge in [-0.05, 0) is 49.7 Å². The predicted octanol–water partition coefficient (Wildman–Crippen LogP) is 3.57. The number of rotatable bonds is 6. The van der Waals surface area contributed by atoms with E-state index in [-0.39, 0.29) is 0 Å². The van der Waals surface area contributed by atoms with Crippen LogP contribution in [0.4, 0.5) is 0 Å². The minimum Gasteiger partial charge on any atom is -0.480 e. The van der Waals surface area contributed by atoms with E-state index in [4.69, 9.17) is 4.74 Å². The molecule has 4 nitrogen and oxygen atoms in total. The molecule has 4 heteroatoms. The summed E-state index contributed by atoms with van der Waals surface area (Å²) in [6, 6.07) is 16.8. The van der Waals surface area contributed by atoms with Gasteiger partial charge in [0.15, 0.2) is 0 Å². The Balaban J connectivity index is 1.80. The second-order valence-electron chi connectivity index (χ2n) is 5.82. The third-order valence-corrected chi connectivity index (χ3v) is 4.22. The number of aliphatic carboxylic acids is 1. The number of benzene rings is 2. The maximum absolute atomic E-state index is 11.7. The largest absolute Gasteiger partial charge is 0.480 e. The van der Waals surface area contributed by atoms with Crippen LogP contribution in [0.3, 0.4) is 0 Å². The fourth-order valence-corrected chi connectivity index (χ4v) is 3.02. The second-order valence-corrected chi connectivity index (χ2v) is 5.82. The molecule has 0 spiro atoms. The van der Waals surface area contributed by atoms with Crippen LogP contribution in [0.15, 0.2) is 54.6 Å². The number of hydrogen-bond donors (Lipinski definition) is 1. The van der Waals surface area contributed by atoms with Gasteiger partial charge in [0.2, 0.25) is 0 Å². The number of ether oxygens (including phenoxy) is 1. The Morgan fingerprint density at radius 1 is 1.04 bits per heavy atom. The van der Waals surface area contributed by atoms with Crippen LogP contribution in [0.2, 0.25) is 0 Å². The predicted molar refractivity (Wildman–Crippen MR) is 88.9 cm³/mol. The van der Waals surface area contributed by atoms with Gasteiger partial charge in [-0.1, -0.05) is 36.4 Å². The molecule has 2 aromatic rings. The molecule has 23 heavy (non-hydrogen) atoms. The van der Waals surface area contributed by atoms with Crippen LogP contribution in [0.1, 0.15) is 18.4 Å². The zero-order valence-corrected chi connectivity index (χ0v) is 13.0. The summed E-state index contributed by atoms with van der Waals surface area (Å²) in [6.07, 6.45) is 2.61.